The molecule has 3 N–H and O–H groups in total. The van der Waals surface area contributed by atoms with Gasteiger partial charge in [0, 0.05) is 39.6 Å². The monoisotopic (exact) mass is 689 g/mol. The third-order valence-electron chi connectivity index (χ3n) is 9.84. The van der Waals surface area contributed by atoms with E-state index in [1.54, 1.807) is 37.9 Å². The number of likely N-dealkylation sites (tertiary alicyclic amines) is 1. The minimum absolute atomic E-state index is 0.00227. The first-order valence-corrected chi connectivity index (χ1v) is 19.0. The summed E-state index contributed by atoms with van der Waals surface area (Å²) < 4.78 is 5.98. The smallest absolute Gasteiger partial charge is 0.245 e. The maximum atomic E-state index is 14.0. The number of rotatable bonds is 20. The van der Waals surface area contributed by atoms with Crippen molar-refractivity contribution in [3.05, 3.63) is 35.9 Å². The number of carbonyl (C=O) groups excluding carboxylic acids is 4. The van der Waals surface area contributed by atoms with Gasteiger partial charge in [-0.1, -0.05) is 78.3 Å². The molecule has 0 aliphatic carbocycles. The van der Waals surface area contributed by atoms with Crippen molar-refractivity contribution in [3.8, 4) is 0 Å². The number of amides is 4. The van der Waals surface area contributed by atoms with Gasteiger partial charge in [0.1, 0.15) is 6.04 Å². The van der Waals surface area contributed by atoms with Crippen LogP contribution in [0.3, 0.4) is 0 Å². The van der Waals surface area contributed by atoms with Crippen molar-refractivity contribution in [2.45, 2.75) is 122 Å². The average molecular weight is 690 g/mol. The first-order valence-electron chi connectivity index (χ1n) is 17.7. The molecule has 1 aromatic rings. The Labute approximate surface area is 294 Å². The molecule has 0 saturated carbocycles. The number of hydrogen-bond acceptors (Lipinski definition) is 7. The summed E-state index contributed by atoms with van der Waals surface area (Å²) in [4.78, 5) is 57.5. The van der Waals surface area contributed by atoms with Gasteiger partial charge in [-0.3, -0.25) is 19.2 Å². The Hall–Kier alpha value is -2.63. The topological polar surface area (TPSA) is 120 Å². The molecule has 0 spiro atoms. The minimum atomic E-state index is -0.718. The SMILES string of the molecule is CCC(C)C(C(CC(=O)N1CCCC1CCC(=O)NC(Cc1ccccc1)SC)OC)N(C)C(=O)C(NC(=O)C(NC)C(C)C)C(C)C. The Kier molecular flexibility index (Phi) is 18.0. The maximum absolute atomic E-state index is 14.0. The van der Waals surface area contributed by atoms with E-state index in [0.717, 1.165) is 25.7 Å². The highest BCUT2D eigenvalue weighted by molar-refractivity contribution is 7.99. The number of carbonyl (C=O) groups is 4. The molecule has 1 aliphatic rings. The lowest BCUT2D eigenvalue weighted by atomic mass is 9.89. The van der Waals surface area contributed by atoms with E-state index >= 15 is 0 Å². The van der Waals surface area contributed by atoms with E-state index in [2.05, 4.69) is 41.9 Å². The second-order valence-electron chi connectivity index (χ2n) is 13.9. The molecular formula is C37H63N5O5S. The highest BCUT2D eigenvalue weighted by atomic mass is 32.2. The fraction of sp³-hybridized carbons (Fsp3) is 0.730. The summed E-state index contributed by atoms with van der Waals surface area (Å²) in [5, 5.41) is 9.20. The van der Waals surface area contributed by atoms with Crippen molar-refractivity contribution in [2.24, 2.45) is 17.8 Å². The molecule has 4 amide bonds. The first-order chi connectivity index (χ1) is 22.8. The third kappa shape index (κ3) is 12.1. The van der Waals surface area contributed by atoms with Crippen LogP contribution in [0.1, 0.15) is 85.6 Å². The Morgan fingerprint density at radius 3 is 2.21 bits per heavy atom. The number of hydrogen-bond donors (Lipinski definition) is 3. The van der Waals surface area contributed by atoms with Crippen molar-refractivity contribution in [2.75, 3.05) is 34.0 Å². The number of nitrogens with one attached hydrogen (secondary N) is 3. The van der Waals surface area contributed by atoms with Crippen LogP contribution >= 0.6 is 11.8 Å². The second-order valence-corrected chi connectivity index (χ2v) is 15.0. The average Bonchev–Trinajstić information content (AvgIpc) is 3.54. The molecule has 11 heteroatoms. The Balaban J connectivity index is 2.10. The maximum Gasteiger partial charge on any atom is 0.245 e. The molecule has 1 aromatic carbocycles. The van der Waals surface area contributed by atoms with Gasteiger partial charge in [0.25, 0.3) is 0 Å². The largest absolute Gasteiger partial charge is 0.379 e. The van der Waals surface area contributed by atoms with Crippen LogP contribution in [-0.4, -0.2) is 103 Å². The predicted octanol–water partition coefficient (Wildman–Crippen LogP) is 4.47. The van der Waals surface area contributed by atoms with E-state index in [4.69, 9.17) is 4.74 Å². The number of methoxy groups -OCH3 is 1. The number of likely N-dealkylation sites (N-methyl/N-ethyl adjacent to an activating group) is 2. The van der Waals surface area contributed by atoms with Crippen LogP contribution in [0.25, 0.3) is 0 Å². The molecule has 1 heterocycles. The van der Waals surface area contributed by atoms with Gasteiger partial charge >= 0.3 is 0 Å². The summed E-state index contributed by atoms with van der Waals surface area (Å²) in [6.07, 6.45) is 5.86. The van der Waals surface area contributed by atoms with Crippen LogP contribution in [0.5, 0.6) is 0 Å². The third-order valence-corrected chi connectivity index (χ3v) is 10.7. The van der Waals surface area contributed by atoms with Gasteiger partial charge in [0.2, 0.25) is 23.6 Å². The van der Waals surface area contributed by atoms with Crippen molar-refractivity contribution in [1.29, 1.82) is 0 Å². The summed E-state index contributed by atoms with van der Waals surface area (Å²) in [7, 11) is 5.10. The normalized spacial score (nSPS) is 18.6. The van der Waals surface area contributed by atoms with Crippen molar-refractivity contribution >= 4 is 35.4 Å². The van der Waals surface area contributed by atoms with Crippen LogP contribution in [0.15, 0.2) is 30.3 Å². The summed E-state index contributed by atoms with van der Waals surface area (Å²) in [5.74, 6) is -0.466. The van der Waals surface area contributed by atoms with E-state index in [9.17, 15) is 19.2 Å². The lowest BCUT2D eigenvalue weighted by molar-refractivity contribution is -0.146. The van der Waals surface area contributed by atoms with E-state index in [0.29, 0.717) is 19.4 Å². The van der Waals surface area contributed by atoms with E-state index in [1.165, 1.54) is 5.56 Å². The molecule has 272 valence electrons. The van der Waals surface area contributed by atoms with Gasteiger partial charge in [-0.15, -0.1) is 11.8 Å². The molecule has 0 radical (unpaired) electrons. The van der Waals surface area contributed by atoms with Crippen molar-refractivity contribution in [3.63, 3.8) is 0 Å². The molecule has 10 nitrogen and oxygen atoms in total. The van der Waals surface area contributed by atoms with Crippen LogP contribution in [-0.2, 0) is 30.3 Å². The molecule has 1 saturated heterocycles. The lowest BCUT2D eigenvalue weighted by Gasteiger charge is -2.40. The van der Waals surface area contributed by atoms with Gasteiger partial charge in [0.05, 0.1) is 30.0 Å². The highest BCUT2D eigenvalue weighted by Crippen LogP contribution is 2.27. The molecule has 48 heavy (non-hydrogen) atoms. The fourth-order valence-corrected chi connectivity index (χ4v) is 7.41. The summed E-state index contributed by atoms with van der Waals surface area (Å²) >= 11 is 1.62. The van der Waals surface area contributed by atoms with Gasteiger partial charge in [-0.25, -0.2) is 0 Å². The molecule has 1 aliphatic heterocycles. The predicted molar refractivity (Wildman–Crippen MR) is 195 cm³/mol. The zero-order chi connectivity index (χ0) is 36.0. The Morgan fingerprint density at radius 1 is 1.02 bits per heavy atom. The number of thioether (sulfide) groups is 1. The highest BCUT2D eigenvalue weighted by Gasteiger charge is 2.40. The van der Waals surface area contributed by atoms with Gasteiger partial charge < -0.3 is 30.5 Å². The summed E-state index contributed by atoms with van der Waals surface area (Å²) in [6, 6.07) is 8.61. The summed E-state index contributed by atoms with van der Waals surface area (Å²) in [5.41, 5.74) is 1.18. The Bertz CT molecular complexity index is 1150. The van der Waals surface area contributed by atoms with Crippen molar-refractivity contribution < 1.29 is 23.9 Å². The minimum Gasteiger partial charge on any atom is -0.379 e. The molecule has 1 fully saturated rings. The van der Waals surface area contributed by atoms with Crippen LogP contribution in [0.4, 0.5) is 0 Å². The quantitative estimate of drug-likeness (QED) is 0.173. The zero-order valence-electron chi connectivity index (χ0n) is 31.1. The molecule has 2 rings (SSSR count). The standard InChI is InChI=1S/C37H63N5O5S/c1-11-26(6)35(41(8)37(46)34(25(4)5)40-36(45)33(38-7)24(2)3)29(47-9)23-32(44)42-21-15-18-28(42)19-20-30(43)39-31(48-10)22-27-16-13-12-14-17-27/h12-14,16-17,24-26,28-29,31,33-35,38H,11,15,18-23H2,1-10H3,(H,39,43)(H,40,45). The number of benzene rings is 1. The second kappa shape index (κ2) is 20.8. The van der Waals surface area contributed by atoms with E-state index in [1.807, 2.05) is 57.0 Å². The van der Waals surface area contributed by atoms with Crippen LogP contribution in [0.2, 0.25) is 0 Å². The Morgan fingerprint density at radius 2 is 1.67 bits per heavy atom. The zero-order valence-corrected chi connectivity index (χ0v) is 31.9. The van der Waals surface area contributed by atoms with Gasteiger partial charge in [0.15, 0.2) is 0 Å². The molecule has 0 aromatic heterocycles. The van der Waals surface area contributed by atoms with Gasteiger partial charge in [-0.05, 0) is 55.9 Å². The lowest BCUT2D eigenvalue weighted by Crippen LogP contribution is -2.59. The van der Waals surface area contributed by atoms with Gasteiger partial charge in [-0.2, -0.15) is 0 Å². The molecule has 0 bridgehead atoms. The molecular weight excluding hydrogens is 627 g/mol. The first kappa shape index (κ1) is 41.5. The molecule has 7 unspecified atom stereocenters. The fourth-order valence-electron chi connectivity index (χ4n) is 6.80. The molecule has 7 atom stereocenters. The number of nitrogens with zero attached hydrogens (tertiary/aromatic N) is 2. The van der Waals surface area contributed by atoms with E-state index < -0.39 is 18.2 Å². The van der Waals surface area contributed by atoms with Crippen molar-refractivity contribution in [1.82, 2.24) is 25.8 Å². The summed E-state index contributed by atoms with van der Waals surface area (Å²) in [6.45, 7) is 12.6. The van der Waals surface area contributed by atoms with E-state index in [-0.39, 0.29) is 65.3 Å². The van der Waals surface area contributed by atoms with Crippen LogP contribution < -0.4 is 16.0 Å². The number of ether oxygens (including phenoxy) is 1. The van der Waals surface area contributed by atoms with Crippen LogP contribution in [0, 0.1) is 17.8 Å².